The number of nitrogens with zero attached hydrogens (tertiary/aromatic N) is 8. The Morgan fingerprint density at radius 2 is 2.06 bits per heavy atom. The van der Waals surface area contributed by atoms with Gasteiger partial charge >= 0.3 is 0 Å². The van der Waals surface area contributed by atoms with E-state index in [1.807, 2.05) is 26.2 Å². The number of rotatable bonds is 8. The van der Waals surface area contributed by atoms with E-state index in [4.69, 9.17) is 9.97 Å². The zero-order chi connectivity index (χ0) is 22.0. The summed E-state index contributed by atoms with van der Waals surface area (Å²) >= 11 is 3.70. The average Bonchev–Trinajstić information content (AvgIpc) is 3.37. The molecule has 1 saturated heterocycles. The monoisotopic (exact) mass is 486 g/mol. The first-order valence-electron chi connectivity index (χ1n) is 10.9. The van der Waals surface area contributed by atoms with Crippen molar-refractivity contribution in [2.24, 2.45) is 13.0 Å². The summed E-state index contributed by atoms with van der Waals surface area (Å²) in [7, 11) is 6.18. The molecule has 0 saturated carbocycles. The molecule has 1 aromatic carbocycles. The Bertz CT molecular complexity index is 1040. The van der Waals surface area contributed by atoms with Gasteiger partial charge in [-0.05, 0) is 60.4 Å². The minimum absolute atomic E-state index is 0.624. The van der Waals surface area contributed by atoms with Crippen molar-refractivity contribution in [2.45, 2.75) is 26.3 Å². The van der Waals surface area contributed by atoms with Gasteiger partial charge in [-0.15, -0.1) is 0 Å². The fourth-order valence-electron chi connectivity index (χ4n) is 4.35. The third-order valence-electron chi connectivity index (χ3n) is 5.93. The maximum absolute atomic E-state index is 5.03. The van der Waals surface area contributed by atoms with Crippen LogP contribution in [0.4, 0.5) is 11.8 Å². The maximum Gasteiger partial charge on any atom is 0.227 e. The van der Waals surface area contributed by atoms with Gasteiger partial charge in [-0.3, -0.25) is 4.68 Å². The second-order valence-corrected chi connectivity index (χ2v) is 9.36. The number of para-hydroxylation sites is 1. The summed E-state index contributed by atoms with van der Waals surface area (Å²) in [5.41, 5.74) is 0.943. The molecule has 31 heavy (non-hydrogen) atoms. The van der Waals surface area contributed by atoms with Crippen LogP contribution in [0.2, 0.25) is 0 Å². The Morgan fingerprint density at radius 3 is 2.81 bits per heavy atom. The molecule has 9 heteroatoms. The van der Waals surface area contributed by atoms with Gasteiger partial charge in [0.25, 0.3) is 0 Å². The third-order valence-corrected chi connectivity index (χ3v) is 6.57. The van der Waals surface area contributed by atoms with Crippen LogP contribution in [0.1, 0.15) is 25.6 Å². The molecule has 1 unspecified atom stereocenters. The number of hydrogen-bond acceptors (Lipinski definition) is 7. The van der Waals surface area contributed by atoms with Gasteiger partial charge in [0.2, 0.25) is 5.95 Å². The SMILES string of the molecule is CCCN(C)CC1CCN(c2nc(N(C)Cc3ncnn3C)c3cccc(Br)c3n2)C1. The van der Waals surface area contributed by atoms with Crippen molar-refractivity contribution in [2.75, 3.05) is 50.1 Å². The van der Waals surface area contributed by atoms with Crippen molar-refractivity contribution >= 4 is 38.6 Å². The first-order chi connectivity index (χ1) is 15.0. The smallest absolute Gasteiger partial charge is 0.227 e. The first kappa shape index (κ1) is 22.0. The molecule has 1 aliphatic rings. The standard InChI is InChI=1S/C22H31BrN8/c1-5-10-28(2)12-16-9-11-31(13-16)22-26-20-17(7-6-8-18(20)23)21(27-22)29(3)14-19-24-15-25-30(19)4/h6-8,15-16H,5,9-14H2,1-4H3. The Kier molecular flexibility index (Phi) is 6.71. The predicted octanol–water partition coefficient (Wildman–Crippen LogP) is 3.33. The second kappa shape index (κ2) is 9.48. The molecule has 0 N–H and O–H groups in total. The minimum Gasteiger partial charge on any atom is -0.351 e. The van der Waals surface area contributed by atoms with E-state index >= 15 is 0 Å². The van der Waals surface area contributed by atoms with E-state index in [9.17, 15) is 0 Å². The fraction of sp³-hybridized carbons (Fsp3) is 0.545. The summed E-state index contributed by atoms with van der Waals surface area (Å²) in [5.74, 6) is 3.26. The molecule has 1 aliphatic heterocycles. The summed E-state index contributed by atoms with van der Waals surface area (Å²) < 4.78 is 2.79. The number of anilines is 2. The lowest BCUT2D eigenvalue weighted by atomic mass is 10.1. The van der Waals surface area contributed by atoms with E-state index in [2.05, 4.69) is 60.8 Å². The van der Waals surface area contributed by atoms with Crippen molar-refractivity contribution in [1.82, 2.24) is 29.6 Å². The predicted molar refractivity (Wildman–Crippen MR) is 128 cm³/mol. The Hall–Kier alpha value is -2.26. The zero-order valence-electron chi connectivity index (χ0n) is 18.8. The van der Waals surface area contributed by atoms with E-state index in [1.54, 1.807) is 11.0 Å². The topological polar surface area (TPSA) is 66.2 Å². The minimum atomic E-state index is 0.624. The van der Waals surface area contributed by atoms with Crippen molar-refractivity contribution < 1.29 is 0 Å². The lowest BCUT2D eigenvalue weighted by molar-refractivity contribution is 0.287. The summed E-state index contributed by atoms with van der Waals surface area (Å²) in [6, 6.07) is 6.15. The normalized spacial score (nSPS) is 16.6. The van der Waals surface area contributed by atoms with Gasteiger partial charge in [0.15, 0.2) is 0 Å². The quantitative estimate of drug-likeness (QED) is 0.483. The van der Waals surface area contributed by atoms with Gasteiger partial charge in [0, 0.05) is 43.6 Å². The van der Waals surface area contributed by atoms with Crippen molar-refractivity contribution in [1.29, 1.82) is 0 Å². The van der Waals surface area contributed by atoms with Crippen LogP contribution in [0, 0.1) is 5.92 Å². The molecule has 166 valence electrons. The Labute approximate surface area is 192 Å². The number of fused-ring (bicyclic) bond motifs is 1. The number of halogens is 1. The molecule has 0 aliphatic carbocycles. The molecule has 1 atom stereocenters. The number of aromatic nitrogens is 5. The summed E-state index contributed by atoms with van der Waals surface area (Å²) in [6.07, 6.45) is 3.95. The lowest BCUT2D eigenvalue weighted by Gasteiger charge is -2.24. The van der Waals surface area contributed by atoms with Crippen LogP contribution in [0.15, 0.2) is 29.0 Å². The Morgan fingerprint density at radius 1 is 1.23 bits per heavy atom. The highest BCUT2D eigenvalue weighted by Crippen LogP contribution is 2.32. The van der Waals surface area contributed by atoms with E-state index in [1.165, 1.54) is 12.8 Å². The van der Waals surface area contributed by atoms with E-state index in [-0.39, 0.29) is 0 Å². The van der Waals surface area contributed by atoms with Crippen LogP contribution >= 0.6 is 15.9 Å². The largest absolute Gasteiger partial charge is 0.351 e. The average molecular weight is 487 g/mol. The lowest BCUT2D eigenvalue weighted by Crippen LogP contribution is -2.29. The Balaban J connectivity index is 1.63. The van der Waals surface area contributed by atoms with E-state index in [0.29, 0.717) is 12.5 Å². The third kappa shape index (κ3) is 4.82. The van der Waals surface area contributed by atoms with Crippen molar-refractivity contribution in [3.05, 3.63) is 34.8 Å². The molecular weight excluding hydrogens is 456 g/mol. The molecule has 0 spiro atoms. The molecule has 2 aromatic heterocycles. The van der Waals surface area contributed by atoms with Crippen LogP contribution in [-0.4, -0.2) is 69.9 Å². The fourth-order valence-corrected chi connectivity index (χ4v) is 4.80. The second-order valence-electron chi connectivity index (χ2n) is 8.50. The summed E-state index contributed by atoms with van der Waals surface area (Å²) in [6.45, 7) is 7.12. The van der Waals surface area contributed by atoms with Crippen LogP contribution in [-0.2, 0) is 13.6 Å². The van der Waals surface area contributed by atoms with Gasteiger partial charge in [0.05, 0.1) is 12.1 Å². The van der Waals surface area contributed by atoms with Crippen LogP contribution in [0.5, 0.6) is 0 Å². The molecule has 8 nitrogen and oxygen atoms in total. The van der Waals surface area contributed by atoms with Crippen LogP contribution < -0.4 is 9.80 Å². The first-order valence-corrected chi connectivity index (χ1v) is 11.7. The number of aryl methyl sites for hydroxylation is 1. The van der Waals surface area contributed by atoms with E-state index in [0.717, 1.165) is 59.1 Å². The molecule has 0 amide bonds. The highest BCUT2D eigenvalue weighted by Gasteiger charge is 2.27. The molecule has 4 rings (SSSR count). The van der Waals surface area contributed by atoms with Crippen LogP contribution in [0.25, 0.3) is 10.9 Å². The number of benzene rings is 1. The highest BCUT2D eigenvalue weighted by molar-refractivity contribution is 9.10. The molecular formula is C22H31BrN8. The maximum atomic E-state index is 5.03. The molecule has 3 heterocycles. The summed E-state index contributed by atoms with van der Waals surface area (Å²) in [5, 5.41) is 5.22. The van der Waals surface area contributed by atoms with Gasteiger partial charge in [-0.2, -0.15) is 10.1 Å². The number of hydrogen-bond donors (Lipinski definition) is 0. The molecule has 1 fully saturated rings. The van der Waals surface area contributed by atoms with Crippen molar-refractivity contribution in [3.8, 4) is 0 Å². The zero-order valence-corrected chi connectivity index (χ0v) is 20.4. The van der Waals surface area contributed by atoms with Gasteiger partial charge in [-0.25, -0.2) is 9.97 Å². The van der Waals surface area contributed by atoms with Crippen molar-refractivity contribution in [3.63, 3.8) is 0 Å². The highest BCUT2D eigenvalue weighted by atomic mass is 79.9. The molecule has 0 radical (unpaired) electrons. The molecule has 0 bridgehead atoms. The molecule has 3 aromatic rings. The van der Waals surface area contributed by atoms with Gasteiger partial charge in [0.1, 0.15) is 18.0 Å². The van der Waals surface area contributed by atoms with Crippen LogP contribution in [0.3, 0.4) is 0 Å². The summed E-state index contributed by atoms with van der Waals surface area (Å²) in [4.78, 5) is 21.3. The van der Waals surface area contributed by atoms with Gasteiger partial charge in [-0.1, -0.05) is 13.0 Å². The van der Waals surface area contributed by atoms with E-state index < -0.39 is 0 Å². The van der Waals surface area contributed by atoms with Gasteiger partial charge < -0.3 is 14.7 Å².